The Morgan fingerprint density at radius 1 is 1.20 bits per heavy atom. The van der Waals surface area contributed by atoms with Crippen molar-refractivity contribution in [1.29, 1.82) is 0 Å². The number of halogens is 2. The number of nitrogens with one attached hydrogen (secondary N) is 1. The van der Waals surface area contributed by atoms with Gasteiger partial charge in [-0.2, -0.15) is 13.9 Å². The van der Waals surface area contributed by atoms with Gasteiger partial charge in [-0.15, -0.1) is 0 Å². The molecule has 2 aliphatic rings. The first-order valence-electron chi connectivity index (χ1n) is 11.7. The smallest absolute Gasteiger partial charge is 0.243 e. The minimum atomic E-state index is -3.62. The van der Waals surface area contributed by atoms with Gasteiger partial charge in [0.25, 0.3) is 0 Å². The molecule has 0 atom stereocenters. The van der Waals surface area contributed by atoms with Crippen LogP contribution in [-0.4, -0.2) is 54.8 Å². The number of fused-ring (bicyclic) bond motifs is 1. The molecule has 1 aliphatic carbocycles. The summed E-state index contributed by atoms with van der Waals surface area (Å²) in [5, 5.41) is 8.81. The average Bonchev–Trinajstić information content (AvgIpc) is 3.24. The zero-order chi connectivity index (χ0) is 24.6. The van der Waals surface area contributed by atoms with Gasteiger partial charge >= 0.3 is 0 Å². The van der Waals surface area contributed by atoms with E-state index in [9.17, 15) is 12.8 Å². The highest BCUT2D eigenvalue weighted by atomic mass is 35.5. The summed E-state index contributed by atoms with van der Waals surface area (Å²) in [7, 11) is -1.64. The van der Waals surface area contributed by atoms with Crippen molar-refractivity contribution in [2.24, 2.45) is 5.92 Å². The first-order valence-corrected chi connectivity index (χ1v) is 13.6. The van der Waals surface area contributed by atoms with Gasteiger partial charge < -0.3 is 5.32 Å². The van der Waals surface area contributed by atoms with Crippen LogP contribution in [0.4, 0.5) is 10.2 Å². The molecule has 1 aromatic carbocycles. The summed E-state index contributed by atoms with van der Waals surface area (Å²) in [5.74, 6) is 0.679. The van der Waals surface area contributed by atoms with E-state index in [1.165, 1.54) is 28.6 Å². The van der Waals surface area contributed by atoms with Gasteiger partial charge in [-0.3, -0.25) is 0 Å². The fourth-order valence-electron chi connectivity index (χ4n) is 4.56. The third kappa shape index (κ3) is 4.87. The quantitative estimate of drug-likeness (QED) is 0.513. The van der Waals surface area contributed by atoms with Gasteiger partial charge in [0, 0.05) is 42.5 Å². The Hall–Kier alpha value is -2.69. The van der Waals surface area contributed by atoms with Gasteiger partial charge in [-0.25, -0.2) is 17.8 Å². The number of piperidine rings is 1. The van der Waals surface area contributed by atoms with Gasteiger partial charge in [0.2, 0.25) is 10.0 Å². The molecule has 1 N–H and O–H groups in total. The van der Waals surface area contributed by atoms with E-state index >= 15 is 0 Å². The topological polar surface area (TPSA) is 79.6 Å². The molecule has 7 nitrogen and oxygen atoms in total. The third-order valence-corrected chi connectivity index (χ3v) is 8.93. The van der Waals surface area contributed by atoms with Crippen LogP contribution in [0.5, 0.6) is 0 Å². The highest BCUT2D eigenvalue weighted by Gasteiger charge is 2.29. The van der Waals surface area contributed by atoms with Crippen LogP contribution >= 0.6 is 11.6 Å². The molecule has 1 saturated heterocycles. The number of hydrogen-bond donors (Lipinski definition) is 1. The normalized spacial score (nSPS) is 17.9. The Bertz CT molecular complexity index is 1410. The Balaban J connectivity index is 1.29. The van der Waals surface area contributed by atoms with Crippen molar-refractivity contribution in [1.82, 2.24) is 18.9 Å². The van der Waals surface area contributed by atoms with Crippen LogP contribution in [0.15, 0.2) is 58.6 Å². The van der Waals surface area contributed by atoms with Crippen molar-refractivity contribution in [3.63, 3.8) is 0 Å². The number of aromatic nitrogens is 3. The Morgan fingerprint density at radius 3 is 2.66 bits per heavy atom. The van der Waals surface area contributed by atoms with Gasteiger partial charge in [0.1, 0.15) is 19.5 Å². The van der Waals surface area contributed by atoms with E-state index in [0.717, 1.165) is 58.9 Å². The largest absolute Gasteiger partial charge is 0.370 e. The van der Waals surface area contributed by atoms with Crippen molar-refractivity contribution in [3.8, 4) is 0 Å². The molecule has 2 aromatic heterocycles. The van der Waals surface area contributed by atoms with Crippen LogP contribution in [0.3, 0.4) is 0 Å². The predicted octanol–water partition coefficient (Wildman–Crippen LogP) is 2.94. The molecule has 1 aliphatic heterocycles. The van der Waals surface area contributed by atoms with Crippen molar-refractivity contribution in [3.05, 3.63) is 65.2 Å². The number of sulfonamides is 1. The van der Waals surface area contributed by atoms with Gasteiger partial charge in [-0.05, 0) is 61.3 Å². The molecule has 0 spiro atoms. The minimum Gasteiger partial charge on any atom is -0.370 e. The average molecular weight is 514 g/mol. The van der Waals surface area contributed by atoms with E-state index in [1.807, 2.05) is 20.0 Å². The van der Waals surface area contributed by atoms with Crippen LogP contribution in [0.1, 0.15) is 31.4 Å². The Morgan fingerprint density at radius 2 is 1.94 bits per heavy atom. The molecular weight excluding hydrogens is 488 g/mol. The lowest BCUT2D eigenvalue weighted by molar-refractivity contribution is 0.282. The number of allylic oxidation sites excluding steroid dienone is 4. The monoisotopic (exact) mass is 513 g/mol. The third-order valence-electron chi connectivity index (χ3n) is 6.63. The fraction of sp³-hybridized carbons (Fsp3) is 0.333. The SMILES string of the molecule is Bc1cnn2c(NCC3CCN(S(=O)(=O)c4ccc(F)cc4)CC3)cc(C3=C(Cl)CCC=C3)nc12. The minimum absolute atomic E-state index is 0.126. The second-order valence-electron chi connectivity index (χ2n) is 9.03. The molecule has 3 aromatic rings. The standard InChI is InChI=1S/C24H26BClFN5O2S/c25-20-15-29-32-23(13-22(30-24(20)32)19-3-1-2-4-21(19)26)28-14-16-9-11-31(12-10-16)35(33,34)18-7-5-17(27)6-8-18/h1,3,5-8,13,15-16,28H,2,4,9-12,14,25H2. The highest BCUT2D eigenvalue weighted by Crippen LogP contribution is 2.31. The maximum absolute atomic E-state index is 13.2. The molecule has 5 rings (SSSR count). The van der Waals surface area contributed by atoms with E-state index in [1.54, 1.807) is 10.7 Å². The van der Waals surface area contributed by atoms with E-state index < -0.39 is 15.8 Å². The molecular formula is C24H26BClFN5O2S. The van der Waals surface area contributed by atoms with Crippen LogP contribution in [0, 0.1) is 11.7 Å². The first-order chi connectivity index (χ1) is 16.8. The molecule has 0 radical (unpaired) electrons. The molecule has 0 unspecified atom stereocenters. The molecule has 0 saturated carbocycles. The number of benzene rings is 1. The maximum Gasteiger partial charge on any atom is 0.243 e. The fourth-order valence-corrected chi connectivity index (χ4v) is 6.29. The summed E-state index contributed by atoms with van der Waals surface area (Å²) in [6.45, 7) is 1.54. The summed E-state index contributed by atoms with van der Waals surface area (Å²) in [6.07, 6.45) is 9.12. The van der Waals surface area contributed by atoms with Crippen LogP contribution in [0.2, 0.25) is 0 Å². The van der Waals surface area contributed by atoms with E-state index in [0.29, 0.717) is 25.6 Å². The number of anilines is 1. The van der Waals surface area contributed by atoms with Crippen molar-refractivity contribution < 1.29 is 12.8 Å². The summed E-state index contributed by atoms with van der Waals surface area (Å²) in [4.78, 5) is 4.93. The van der Waals surface area contributed by atoms with E-state index in [4.69, 9.17) is 16.6 Å². The predicted molar refractivity (Wildman–Crippen MR) is 139 cm³/mol. The number of hydrogen-bond acceptors (Lipinski definition) is 5. The van der Waals surface area contributed by atoms with Crippen LogP contribution in [0.25, 0.3) is 11.2 Å². The highest BCUT2D eigenvalue weighted by molar-refractivity contribution is 7.89. The van der Waals surface area contributed by atoms with E-state index in [-0.39, 0.29) is 4.90 Å². The van der Waals surface area contributed by atoms with Crippen LogP contribution in [-0.2, 0) is 10.0 Å². The van der Waals surface area contributed by atoms with Crippen LogP contribution < -0.4 is 10.8 Å². The molecule has 0 bridgehead atoms. The second kappa shape index (κ2) is 9.75. The number of nitrogens with zero attached hydrogens (tertiary/aromatic N) is 4. The molecule has 0 amide bonds. The summed E-state index contributed by atoms with van der Waals surface area (Å²) in [5.41, 5.74) is 3.50. The second-order valence-corrected chi connectivity index (χ2v) is 11.4. The Labute approximate surface area is 210 Å². The maximum atomic E-state index is 13.2. The molecule has 1 fully saturated rings. The number of rotatable bonds is 6. The summed E-state index contributed by atoms with van der Waals surface area (Å²) in [6, 6.07) is 6.97. The lowest BCUT2D eigenvalue weighted by Gasteiger charge is -2.31. The Kier molecular flexibility index (Phi) is 6.70. The van der Waals surface area contributed by atoms with Gasteiger partial charge in [-0.1, -0.05) is 23.8 Å². The zero-order valence-electron chi connectivity index (χ0n) is 19.4. The van der Waals surface area contributed by atoms with Gasteiger partial charge in [0.15, 0.2) is 5.65 Å². The lowest BCUT2D eigenvalue weighted by Crippen LogP contribution is -2.39. The zero-order valence-corrected chi connectivity index (χ0v) is 21.0. The molecule has 3 heterocycles. The molecule has 11 heteroatoms. The van der Waals surface area contributed by atoms with Crippen molar-refractivity contribution in [2.45, 2.75) is 30.6 Å². The summed E-state index contributed by atoms with van der Waals surface area (Å²) >= 11 is 6.51. The summed E-state index contributed by atoms with van der Waals surface area (Å²) < 4.78 is 42.3. The van der Waals surface area contributed by atoms with E-state index in [2.05, 4.69) is 16.5 Å². The van der Waals surface area contributed by atoms with Gasteiger partial charge in [0.05, 0.1) is 10.6 Å². The van der Waals surface area contributed by atoms with Crippen molar-refractivity contribution >= 4 is 52.0 Å². The lowest BCUT2D eigenvalue weighted by atomic mass is 9.98. The van der Waals surface area contributed by atoms with Crippen molar-refractivity contribution in [2.75, 3.05) is 25.0 Å². The molecule has 35 heavy (non-hydrogen) atoms. The first kappa shape index (κ1) is 24.0. The molecule has 182 valence electrons.